The number of halogens is 1. The van der Waals surface area contributed by atoms with Crippen LogP contribution >= 0.6 is 12.4 Å². The summed E-state index contributed by atoms with van der Waals surface area (Å²) in [5.41, 5.74) is 6.35. The topological polar surface area (TPSA) is 73.6 Å². The van der Waals surface area contributed by atoms with Gasteiger partial charge >= 0.3 is 0 Å². The number of hydrogen-bond donors (Lipinski definition) is 2. The van der Waals surface area contributed by atoms with Crippen LogP contribution in [-0.2, 0) is 4.74 Å². The number of carbonyl (C=O) groups excluding carboxylic acids is 1. The summed E-state index contributed by atoms with van der Waals surface area (Å²) in [6, 6.07) is 7.26. The summed E-state index contributed by atoms with van der Waals surface area (Å²) < 4.78 is 11.2. The number of nitrogens with one attached hydrogen (secondary N) is 1. The van der Waals surface area contributed by atoms with E-state index in [1.807, 2.05) is 12.1 Å². The van der Waals surface area contributed by atoms with Gasteiger partial charge in [-0.2, -0.15) is 0 Å². The lowest BCUT2D eigenvalue weighted by molar-refractivity contribution is 0.0679. The molecule has 2 unspecified atom stereocenters. The molecule has 0 bridgehead atoms. The number of ether oxygens (including phenoxy) is 2. The van der Waals surface area contributed by atoms with Gasteiger partial charge in [-0.1, -0.05) is 19.8 Å². The van der Waals surface area contributed by atoms with Crippen LogP contribution in [0, 0.1) is 0 Å². The molecule has 1 saturated heterocycles. The van der Waals surface area contributed by atoms with E-state index in [0.29, 0.717) is 18.7 Å². The highest BCUT2D eigenvalue weighted by molar-refractivity contribution is 5.94. The Labute approximate surface area is 150 Å². The summed E-state index contributed by atoms with van der Waals surface area (Å²) in [5.74, 6) is 0.681. The Balaban J connectivity index is 0.00000288. The molecule has 0 aromatic heterocycles. The summed E-state index contributed by atoms with van der Waals surface area (Å²) in [6.45, 7) is 3.99. The minimum Gasteiger partial charge on any atom is -0.491 e. The Morgan fingerprint density at radius 1 is 1.42 bits per heavy atom. The molecule has 6 heteroatoms. The highest BCUT2D eigenvalue weighted by Gasteiger charge is 2.16. The number of rotatable bonds is 9. The molecule has 136 valence electrons. The van der Waals surface area contributed by atoms with Crippen LogP contribution in [0.25, 0.3) is 0 Å². The van der Waals surface area contributed by atoms with E-state index in [0.717, 1.165) is 44.5 Å². The summed E-state index contributed by atoms with van der Waals surface area (Å²) in [4.78, 5) is 12.2. The first kappa shape index (κ1) is 20.7. The lowest BCUT2D eigenvalue weighted by Gasteiger charge is -2.16. The van der Waals surface area contributed by atoms with Crippen LogP contribution < -0.4 is 15.8 Å². The van der Waals surface area contributed by atoms with Crippen molar-refractivity contribution < 1.29 is 14.3 Å². The van der Waals surface area contributed by atoms with Gasteiger partial charge in [-0.15, -0.1) is 12.4 Å². The number of nitrogens with two attached hydrogens (primary N) is 1. The minimum absolute atomic E-state index is 0. The number of hydrogen-bond acceptors (Lipinski definition) is 4. The van der Waals surface area contributed by atoms with E-state index in [-0.39, 0.29) is 30.5 Å². The van der Waals surface area contributed by atoms with Crippen LogP contribution in [0.1, 0.15) is 49.4 Å². The second kappa shape index (κ2) is 11.3. The van der Waals surface area contributed by atoms with Gasteiger partial charge in [0, 0.05) is 24.8 Å². The third-order valence-electron chi connectivity index (χ3n) is 4.10. The van der Waals surface area contributed by atoms with E-state index in [4.69, 9.17) is 15.2 Å². The van der Waals surface area contributed by atoms with Crippen LogP contribution in [0.5, 0.6) is 5.75 Å². The predicted molar refractivity (Wildman–Crippen MR) is 98.0 cm³/mol. The van der Waals surface area contributed by atoms with Crippen molar-refractivity contribution in [2.24, 2.45) is 5.73 Å². The first-order valence-corrected chi connectivity index (χ1v) is 8.58. The summed E-state index contributed by atoms with van der Waals surface area (Å²) >= 11 is 0. The van der Waals surface area contributed by atoms with Crippen molar-refractivity contribution in [2.45, 2.75) is 51.2 Å². The number of unbranched alkanes of at least 4 members (excludes halogenated alkanes) is 1. The Hall–Kier alpha value is -1.30. The molecule has 3 N–H and O–H groups in total. The average Bonchev–Trinajstić information content (AvgIpc) is 3.10. The van der Waals surface area contributed by atoms with E-state index < -0.39 is 0 Å². The van der Waals surface area contributed by atoms with Gasteiger partial charge in [0.2, 0.25) is 0 Å². The Bertz CT molecular complexity index is 476. The fourth-order valence-corrected chi connectivity index (χ4v) is 2.64. The molecule has 0 spiro atoms. The molecule has 2 atom stereocenters. The molecular weight excluding hydrogens is 328 g/mol. The van der Waals surface area contributed by atoms with Crippen LogP contribution in [0.2, 0.25) is 0 Å². The number of benzene rings is 1. The van der Waals surface area contributed by atoms with Gasteiger partial charge < -0.3 is 20.5 Å². The molecule has 1 aromatic rings. The van der Waals surface area contributed by atoms with Gasteiger partial charge in [0.25, 0.3) is 5.91 Å². The molecule has 1 amide bonds. The van der Waals surface area contributed by atoms with Crippen molar-refractivity contribution in [1.82, 2.24) is 5.32 Å². The lowest BCUT2D eigenvalue weighted by Crippen LogP contribution is -2.40. The highest BCUT2D eigenvalue weighted by atomic mass is 35.5. The molecule has 24 heavy (non-hydrogen) atoms. The highest BCUT2D eigenvalue weighted by Crippen LogP contribution is 2.16. The normalized spacial score (nSPS) is 17.8. The summed E-state index contributed by atoms with van der Waals surface area (Å²) in [6.07, 6.45) is 5.44. The van der Waals surface area contributed by atoms with Crippen molar-refractivity contribution in [2.75, 3.05) is 19.8 Å². The van der Waals surface area contributed by atoms with Crippen LogP contribution in [0.3, 0.4) is 0 Å². The standard InChI is InChI=1S/C18H28N2O3.ClH/c1-2-3-5-15(12-19)20-18(21)14-7-9-16(10-8-14)23-13-17-6-4-11-22-17;/h7-10,15,17H,2-6,11-13,19H2,1H3,(H,20,21);1H. The maximum atomic E-state index is 12.2. The molecule has 1 aromatic carbocycles. The molecule has 5 nitrogen and oxygen atoms in total. The van der Waals surface area contributed by atoms with Gasteiger partial charge in [-0.05, 0) is 43.5 Å². The molecule has 0 saturated carbocycles. The van der Waals surface area contributed by atoms with E-state index in [1.165, 1.54) is 0 Å². The van der Waals surface area contributed by atoms with E-state index in [2.05, 4.69) is 12.2 Å². The van der Waals surface area contributed by atoms with Crippen LogP contribution in [0.4, 0.5) is 0 Å². The monoisotopic (exact) mass is 356 g/mol. The fraction of sp³-hybridized carbons (Fsp3) is 0.611. The Morgan fingerprint density at radius 2 is 2.17 bits per heavy atom. The maximum Gasteiger partial charge on any atom is 0.251 e. The zero-order chi connectivity index (χ0) is 16.5. The van der Waals surface area contributed by atoms with Crippen LogP contribution in [0.15, 0.2) is 24.3 Å². The van der Waals surface area contributed by atoms with E-state index >= 15 is 0 Å². The number of amides is 1. The molecule has 2 rings (SSSR count). The third-order valence-corrected chi connectivity index (χ3v) is 4.10. The molecule has 1 aliphatic rings. The summed E-state index contributed by atoms with van der Waals surface area (Å²) in [5, 5.41) is 2.99. The van der Waals surface area contributed by atoms with Crippen molar-refractivity contribution in [3.63, 3.8) is 0 Å². The second-order valence-corrected chi connectivity index (χ2v) is 6.02. The minimum atomic E-state index is -0.0813. The summed E-state index contributed by atoms with van der Waals surface area (Å²) in [7, 11) is 0. The van der Waals surface area contributed by atoms with Gasteiger partial charge in [-0.25, -0.2) is 0 Å². The van der Waals surface area contributed by atoms with Gasteiger partial charge in [0.1, 0.15) is 12.4 Å². The first-order valence-electron chi connectivity index (χ1n) is 8.58. The molecule has 0 aliphatic carbocycles. The van der Waals surface area contributed by atoms with Crippen molar-refractivity contribution in [1.29, 1.82) is 0 Å². The predicted octanol–water partition coefficient (Wildman–Crippen LogP) is 2.91. The largest absolute Gasteiger partial charge is 0.491 e. The zero-order valence-corrected chi connectivity index (χ0v) is 15.1. The van der Waals surface area contributed by atoms with Crippen molar-refractivity contribution >= 4 is 18.3 Å². The number of carbonyl (C=O) groups is 1. The fourth-order valence-electron chi connectivity index (χ4n) is 2.64. The third kappa shape index (κ3) is 6.67. The van der Waals surface area contributed by atoms with Gasteiger partial charge in [0.15, 0.2) is 0 Å². The Morgan fingerprint density at radius 3 is 2.75 bits per heavy atom. The quantitative estimate of drug-likeness (QED) is 0.713. The Kier molecular flexibility index (Phi) is 9.76. The van der Waals surface area contributed by atoms with Crippen molar-refractivity contribution in [3.8, 4) is 5.75 Å². The van der Waals surface area contributed by atoms with Crippen molar-refractivity contribution in [3.05, 3.63) is 29.8 Å². The average molecular weight is 357 g/mol. The lowest BCUT2D eigenvalue weighted by atomic mass is 10.1. The molecule has 1 aliphatic heterocycles. The molecule has 0 radical (unpaired) electrons. The molecular formula is C18H29ClN2O3. The van der Waals surface area contributed by atoms with Gasteiger partial charge in [0.05, 0.1) is 6.10 Å². The van der Waals surface area contributed by atoms with Crippen LogP contribution in [-0.4, -0.2) is 37.8 Å². The van der Waals surface area contributed by atoms with E-state index in [1.54, 1.807) is 12.1 Å². The van der Waals surface area contributed by atoms with Gasteiger partial charge in [-0.3, -0.25) is 4.79 Å². The molecule has 1 fully saturated rings. The SMILES string of the molecule is CCCCC(CN)NC(=O)c1ccc(OCC2CCCO2)cc1.Cl. The maximum absolute atomic E-state index is 12.2. The molecule has 1 heterocycles. The smallest absolute Gasteiger partial charge is 0.251 e. The first-order chi connectivity index (χ1) is 11.2. The van der Waals surface area contributed by atoms with E-state index in [9.17, 15) is 4.79 Å². The zero-order valence-electron chi connectivity index (χ0n) is 14.3. The second-order valence-electron chi connectivity index (χ2n) is 6.02.